The molecule has 0 saturated carbocycles. The fraction of sp³-hybridized carbons (Fsp3) is 0.417. The minimum atomic E-state index is -2.05. The van der Waals surface area contributed by atoms with Gasteiger partial charge in [0.15, 0.2) is 4.33 Å². The first kappa shape index (κ1) is 18.3. The fourth-order valence-corrected chi connectivity index (χ4v) is 2.91. The molecule has 0 spiro atoms. The number of benzene rings is 1. The van der Waals surface area contributed by atoms with E-state index in [4.69, 9.17) is 81.2 Å². The molecule has 0 heterocycles. The first-order valence-corrected chi connectivity index (χ1v) is 7.89. The highest BCUT2D eigenvalue weighted by atomic mass is 35.6. The lowest BCUT2D eigenvalue weighted by atomic mass is 10.0. The SMILES string of the molecule is [CH2]CCc1ccc(C(Cl)(Cl)C(Cl)(Cl)C(Cl)(Cl)Cl)cc1. The Labute approximate surface area is 148 Å². The Morgan fingerprint density at radius 3 is 1.68 bits per heavy atom. The van der Waals surface area contributed by atoms with Crippen molar-refractivity contribution in [3.63, 3.8) is 0 Å². The van der Waals surface area contributed by atoms with Gasteiger partial charge in [-0.2, -0.15) is 0 Å². The maximum Gasteiger partial charge on any atom is 0.226 e. The number of halogens is 7. The molecule has 0 unspecified atom stereocenters. The number of aryl methyl sites for hydroxylation is 1. The van der Waals surface area contributed by atoms with Crippen molar-refractivity contribution in [3.8, 4) is 0 Å². The molecule has 1 rings (SSSR count). The highest BCUT2D eigenvalue weighted by Gasteiger charge is 2.60. The molecule has 0 fully saturated rings. The van der Waals surface area contributed by atoms with E-state index in [9.17, 15) is 0 Å². The van der Waals surface area contributed by atoms with Gasteiger partial charge in [0.2, 0.25) is 8.13 Å². The lowest BCUT2D eigenvalue weighted by Gasteiger charge is -2.37. The van der Waals surface area contributed by atoms with E-state index in [-0.39, 0.29) is 0 Å². The molecule has 0 nitrogen and oxygen atoms in total. The molecule has 0 aromatic heterocycles. The second kappa shape index (κ2) is 6.57. The minimum absolute atomic E-state index is 0.444. The van der Waals surface area contributed by atoms with Crippen molar-refractivity contribution in [2.45, 2.75) is 25.3 Å². The third-order valence-electron chi connectivity index (χ3n) is 2.53. The molecule has 0 aliphatic carbocycles. The predicted molar refractivity (Wildman–Crippen MR) is 88.2 cm³/mol. The molecule has 0 aliphatic heterocycles. The third-order valence-corrected chi connectivity index (χ3v) is 6.49. The van der Waals surface area contributed by atoms with Crippen LogP contribution in [-0.4, -0.2) is 8.13 Å². The molecule has 0 N–H and O–H groups in total. The first-order valence-electron chi connectivity index (χ1n) is 5.25. The topological polar surface area (TPSA) is 0 Å². The summed E-state index contributed by atoms with van der Waals surface area (Å²) in [5.74, 6) is 0. The Morgan fingerprint density at radius 2 is 1.32 bits per heavy atom. The first-order chi connectivity index (χ1) is 8.54. The van der Waals surface area contributed by atoms with E-state index in [0.29, 0.717) is 5.56 Å². The Kier molecular flexibility index (Phi) is 6.32. The summed E-state index contributed by atoms with van der Waals surface area (Å²) in [5, 5.41) is 0. The Balaban J connectivity index is 3.13. The van der Waals surface area contributed by atoms with Gasteiger partial charge in [-0.1, -0.05) is 112 Å². The zero-order chi connectivity index (χ0) is 14.9. The summed E-state index contributed by atoms with van der Waals surface area (Å²) >= 11 is 41.7. The third kappa shape index (κ3) is 3.92. The average molecular weight is 402 g/mol. The standard InChI is InChI=1S/C12H10Cl7/c1-2-3-8-4-6-9(7-5-8)10(13,14)11(15,16)12(17,18)19/h4-7H,1-3H2. The molecule has 7 heteroatoms. The second-order valence-electron chi connectivity index (χ2n) is 3.95. The summed E-state index contributed by atoms with van der Waals surface area (Å²) < 4.78 is -5.84. The van der Waals surface area contributed by atoms with Crippen LogP contribution in [0.3, 0.4) is 0 Å². The van der Waals surface area contributed by atoms with Crippen LogP contribution in [0.5, 0.6) is 0 Å². The molecular weight excluding hydrogens is 392 g/mol. The van der Waals surface area contributed by atoms with Crippen LogP contribution in [0, 0.1) is 6.92 Å². The van der Waals surface area contributed by atoms with E-state index >= 15 is 0 Å². The van der Waals surface area contributed by atoms with Gasteiger partial charge in [-0.15, -0.1) is 0 Å². The molecule has 0 aliphatic rings. The van der Waals surface area contributed by atoms with Gasteiger partial charge in [0.25, 0.3) is 0 Å². The summed E-state index contributed by atoms with van der Waals surface area (Å²) in [6.45, 7) is 3.78. The molecule has 0 bridgehead atoms. The van der Waals surface area contributed by atoms with Gasteiger partial charge in [-0.25, -0.2) is 0 Å². The van der Waals surface area contributed by atoms with Gasteiger partial charge in [0, 0.05) is 0 Å². The maximum atomic E-state index is 6.20. The zero-order valence-electron chi connectivity index (χ0n) is 9.58. The van der Waals surface area contributed by atoms with Crippen LogP contribution < -0.4 is 0 Å². The van der Waals surface area contributed by atoms with Crippen molar-refractivity contribution in [1.82, 2.24) is 0 Å². The summed E-state index contributed by atoms with van der Waals surface area (Å²) in [6.07, 6.45) is 1.63. The predicted octanol–water partition coefficient (Wildman–Crippen LogP) is 6.63. The summed E-state index contributed by atoms with van der Waals surface area (Å²) in [4.78, 5) is 0. The van der Waals surface area contributed by atoms with E-state index in [2.05, 4.69) is 6.92 Å². The molecule has 0 saturated heterocycles. The zero-order valence-corrected chi connectivity index (χ0v) is 14.9. The van der Waals surface area contributed by atoms with Crippen molar-refractivity contribution in [3.05, 3.63) is 42.3 Å². The van der Waals surface area contributed by atoms with Crippen LogP contribution in [0.25, 0.3) is 0 Å². The molecule has 107 valence electrons. The molecule has 1 aromatic rings. The van der Waals surface area contributed by atoms with Gasteiger partial charge in [0.1, 0.15) is 0 Å². The van der Waals surface area contributed by atoms with Crippen LogP contribution in [0.15, 0.2) is 24.3 Å². The molecule has 0 amide bonds. The van der Waals surface area contributed by atoms with Gasteiger partial charge < -0.3 is 0 Å². The molecule has 1 aromatic carbocycles. The fourth-order valence-electron chi connectivity index (χ4n) is 1.44. The highest BCUT2D eigenvalue weighted by Crippen LogP contribution is 2.60. The lowest BCUT2D eigenvalue weighted by molar-refractivity contribution is 0.698. The van der Waals surface area contributed by atoms with Crippen molar-refractivity contribution in [1.29, 1.82) is 0 Å². The van der Waals surface area contributed by atoms with Crippen molar-refractivity contribution < 1.29 is 0 Å². The van der Waals surface area contributed by atoms with Crippen LogP contribution in [0.1, 0.15) is 17.5 Å². The van der Waals surface area contributed by atoms with Crippen LogP contribution >= 0.6 is 81.2 Å². The molecule has 0 atom stereocenters. The van der Waals surface area contributed by atoms with E-state index in [0.717, 1.165) is 18.4 Å². The van der Waals surface area contributed by atoms with E-state index < -0.39 is 12.5 Å². The van der Waals surface area contributed by atoms with Gasteiger partial charge in [0.05, 0.1) is 0 Å². The van der Waals surface area contributed by atoms with Crippen molar-refractivity contribution in [2.24, 2.45) is 0 Å². The second-order valence-corrected chi connectivity index (χ2v) is 8.88. The monoisotopic (exact) mass is 399 g/mol. The summed E-state index contributed by atoms with van der Waals surface area (Å²) in [6, 6.07) is 7.09. The Hall–Kier alpha value is 1.25. The van der Waals surface area contributed by atoms with Crippen LogP contribution in [-0.2, 0) is 10.8 Å². The number of rotatable bonds is 4. The van der Waals surface area contributed by atoms with Crippen molar-refractivity contribution >= 4 is 81.2 Å². The number of hydrogen-bond acceptors (Lipinski definition) is 0. The van der Waals surface area contributed by atoms with Gasteiger partial charge >= 0.3 is 0 Å². The van der Waals surface area contributed by atoms with Gasteiger partial charge in [-0.05, 0) is 24.0 Å². The Bertz CT molecular complexity index is 417. The quantitative estimate of drug-likeness (QED) is 0.496. The normalized spacial score (nSPS) is 13.7. The van der Waals surface area contributed by atoms with E-state index in [1.165, 1.54) is 0 Å². The maximum absolute atomic E-state index is 6.20. The Morgan fingerprint density at radius 1 is 0.842 bits per heavy atom. The largest absolute Gasteiger partial charge is 0.226 e. The summed E-state index contributed by atoms with van der Waals surface area (Å²) in [7, 11) is 0. The van der Waals surface area contributed by atoms with E-state index in [1.54, 1.807) is 12.1 Å². The minimum Gasteiger partial charge on any atom is -0.0930 e. The van der Waals surface area contributed by atoms with Crippen LogP contribution in [0.4, 0.5) is 0 Å². The van der Waals surface area contributed by atoms with Crippen LogP contribution in [0.2, 0.25) is 0 Å². The van der Waals surface area contributed by atoms with Crippen molar-refractivity contribution in [2.75, 3.05) is 0 Å². The van der Waals surface area contributed by atoms with E-state index in [1.807, 2.05) is 12.1 Å². The lowest BCUT2D eigenvalue weighted by Crippen LogP contribution is -2.45. The highest BCUT2D eigenvalue weighted by molar-refractivity contribution is 6.78. The molecule has 19 heavy (non-hydrogen) atoms. The molecular formula is C12H10Cl7. The number of alkyl halides is 7. The van der Waals surface area contributed by atoms with Gasteiger partial charge in [-0.3, -0.25) is 0 Å². The summed E-state index contributed by atoms with van der Waals surface area (Å²) in [5.41, 5.74) is 1.53. The molecule has 1 radical (unpaired) electrons. The average Bonchev–Trinajstić information content (AvgIpc) is 2.28. The number of hydrogen-bond donors (Lipinski definition) is 0. The smallest absolute Gasteiger partial charge is 0.0930 e.